The first-order chi connectivity index (χ1) is 63.6. The zero-order valence-electron chi connectivity index (χ0n) is 70.3. The number of aromatic nitrogens is 6. The first kappa shape index (κ1) is 95.7. The first-order valence-electron chi connectivity index (χ1n) is 41.2. The van der Waals surface area contributed by atoms with Gasteiger partial charge in [-0.1, -0.05) is 118 Å². The van der Waals surface area contributed by atoms with Gasteiger partial charge in [0.2, 0.25) is 0 Å². The maximum absolute atomic E-state index is 5.93. The predicted molar refractivity (Wildman–Crippen MR) is 516 cm³/mol. The summed E-state index contributed by atoms with van der Waals surface area (Å²) in [4.78, 5) is 39.7. The van der Waals surface area contributed by atoms with Crippen molar-refractivity contribution in [1.82, 2.24) is 29.9 Å². The van der Waals surface area contributed by atoms with Gasteiger partial charge < -0.3 is 39.0 Å². The Morgan fingerprint density at radius 2 is 0.424 bits per heavy atom. The number of pyridine rings is 6. The van der Waals surface area contributed by atoms with Crippen LogP contribution in [-0.2, 0) is 82.3 Å². The van der Waals surface area contributed by atoms with Crippen molar-refractivity contribution in [2.45, 2.75) is 19.6 Å². The van der Waals surface area contributed by atoms with Crippen LogP contribution in [0.2, 0.25) is 0 Å². The second-order valence-corrected chi connectivity index (χ2v) is 30.2. The number of para-hydroxylation sites is 10. The van der Waals surface area contributed by atoms with Crippen LogP contribution in [0, 0.1) is 60.7 Å². The van der Waals surface area contributed by atoms with Gasteiger partial charge in [0.15, 0.2) is 0 Å². The van der Waals surface area contributed by atoms with Crippen LogP contribution >= 0.6 is 23.5 Å². The van der Waals surface area contributed by atoms with E-state index in [2.05, 4.69) is 171 Å². The van der Waals surface area contributed by atoms with Gasteiger partial charge in [-0.3, -0.25) is 0 Å². The molecule has 0 spiro atoms. The Balaban J connectivity index is 0.000000129. The Morgan fingerprint density at radius 3 is 0.720 bits per heavy atom. The fraction of sp³-hybridized carbons (Fsp3) is 0. The van der Waals surface area contributed by atoms with Crippen molar-refractivity contribution in [3.63, 3.8) is 0 Å². The summed E-state index contributed by atoms with van der Waals surface area (Å²) in [6.45, 7) is 0. The number of rotatable bonds is 8. The Hall–Kier alpha value is -13.8. The summed E-state index contributed by atoms with van der Waals surface area (Å²) in [5, 5.41) is 0. The van der Waals surface area contributed by atoms with E-state index >= 15 is 0 Å². The third-order valence-electron chi connectivity index (χ3n) is 19.6. The minimum absolute atomic E-state index is 0. The van der Waals surface area contributed by atoms with Gasteiger partial charge in [-0.15, -0.1) is 108 Å². The van der Waals surface area contributed by atoms with Crippen LogP contribution in [0.1, 0.15) is 0 Å². The van der Waals surface area contributed by atoms with Gasteiger partial charge in [-0.25, -0.2) is 42.2 Å². The molecule has 24 rings (SSSR count). The van der Waals surface area contributed by atoms with Gasteiger partial charge in [0.1, 0.15) is 34.8 Å². The SMILES string of the molecule is [Ir+3].[Ir+3].[Pt+2].[Pt+2].[c-]1cccc2c1N(c1ccccn1)c1ccccc1O2.[c-]1cccc2c1N(c1ccccn1)c1ccccc1O2.[c-]1cccc2c1N(c1ccccn1)c1ccccc1S2.[c-]1cccc2c1N(c1ccccn1)c1ccccc1S2.[c-]1ccccc1-c1[c-]cccc1.[c-]1ccccc1-c1[c-]cccc1.[c-]1ccccc1-c1ccccn1.[c-]1ccccc1-c1ccccn1. The van der Waals surface area contributed by atoms with Crippen LogP contribution in [-0.4, -0.2) is 29.9 Å². The number of nitrogens with zero attached hydrogens (tertiary/aromatic N) is 10. The summed E-state index contributed by atoms with van der Waals surface area (Å²) >= 11 is 3.56. The Labute approximate surface area is 835 Å². The number of anilines is 12. The van der Waals surface area contributed by atoms with E-state index in [1.165, 1.54) is 19.6 Å². The van der Waals surface area contributed by atoms with Crippen LogP contribution in [0.5, 0.6) is 23.0 Å². The fourth-order valence-corrected chi connectivity index (χ4v) is 15.9. The summed E-state index contributed by atoms with van der Waals surface area (Å²) in [7, 11) is 0. The molecular formula is C114H76Ir2N10O2Pt2S2. The third kappa shape index (κ3) is 24.6. The number of hydrogen-bond donors (Lipinski definition) is 0. The third-order valence-corrected chi connectivity index (χ3v) is 21.8. The molecule has 0 radical (unpaired) electrons. The van der Waals surface area contributed by atoms with Crippen molar-refractivity contribution in [2.24, 2.45) is 0 Å². The summed E-state index contributed by atoms with van der Waals surface area (Å²) in [5.74, 6) is 6.77. The van der Waals surface area contributed by atoms with E-state index in [1.54, 1.807) is 48.3 Å². The van der Waals surface area contributed by atoms with Crippen molar-refractivity contribution < 1.29 is 91.8 Å². The number of fused-ring (bicyclic) bond motifs is 8. The van der Waals surface area contributed by atoms with Gasteiger partial charge in [0.25, 0.3) is 0 Å². The van der Waals surface area contributed by atoms with E-state index < -0.39 is 0 Å². The molecule has 6 aromatic heterocycles. The van der Waals surface area contributed by atoms with Gasteiger partial charge >= 0.3 is 82.3 Å². The molecule has 0 atom stereocenters. The molecule has 132 heavy (non-hydrogen) atoms. The minimum Gasteiger partial charge on any atom is -0.513 e. The van der Waals surface area contributed by atoms with Crippen LogP contribution in [0.25, 0.3) is 44.8 Å². The van der Waals surface area contributed by atoms with E-state index in [-0.39, 0.29) is 82.3 Å². The molecule has 0 fully saturated rings. The van der Waals surface area contributed by atoms with E-state index in [0.29, 0.717) is 0 Å². The van der Waals surface area contributed by atoms with Crippen molar-refractivity contribution in [2.75, 3.05) is 19.6 Å². The van der Waals surface area contributed by atoms with E-state index in [0.717, 1.165) is 137 Å². The van der Waals surface area contributed by atoms with Crippen molar-refractivity contribution in [3.05, 3.63) is 522 Å². The molecule has 0 N–H and O–H groups in total. The van der Waals surface area contributed by atoms with Gasteiger partial charge in [0.05, 0.1) is 22.7 Å². The average Bonchev–Trinajstić information content (AvgIpc) is 0.778. The molecule has 4 aliphatic heterocycles. The van der Waals surface area contributed by atoms with E-state index in [4.69, 9.17) is 9.47 Å². The molecule has 0 amide bonds. The number of ether oxygens (including phenoxy) is 2. The van der Waals surface area contributed by atoms with Crippen LogP contribution in [0.15, 0.2) is 481 Å². The maximum atomic E-state index is 5.93. The second-order valence-electron chi connectivity index (χ2n) is 28.0. The molecule has 0 aliphatic carbocycles. The Bertz CT molecular complexity index is 5690. The molecule has 12 nitrogen and oxygen atoms in total. The van der Waals surface area contributed by atoms with Crippen molar-refractivity contribution in [3.8, 4) is 67.8 Å². The standard InChI is InChI=1S/2C17H11N2O.2C17H11N2S.2C12H8.2C11H8N.2Ir.2Pt/c4*1-3-9-15-13(7-1)19(17-11-5-6-12-18-17)14-8-2-4-10-16(14)20-15;2*1-3-7-11(8-4-1)12-9-5-2-6-10-12;2*1-2-6-10(7-3-1)11-8-4-5-9-12-11;;;;/h4*1-7,9-12H;2*1-7,9H;2*1-6,8-9H;;;;/q4*-1;2*-2;2*-1;2*+3;2*+2. The minimum atomic E-state index is 0. The molecule has 644 valence electrons. The van der Waals surface area contributed by atoms with Crippen molar-refractivity contribution in [1.29, 1.82) is 0 Å². The zero-order chi connectivity index (χ0) is 86.4. The summed E-state index contributed by atoms with van der Waals surface area (Å²) in [6, 6.07) is 171. The van der Waals surface area contributed by atoms with Crippen molar-refractivity contribution >= 4 is 92.3 Å². The first-order valence-corrected chi connectivity index (χ1v) is 42.8. The average molecular weight is 2460 g/mol. The smallest absolute Gasteiger partial charge is 0.513 e. The number of benzene rings is 14. The van der Waals surface area contributed by atoms with Crippen LogP contribution < -0.4 is 29.1 Å². The summed E-state index contributed by atoms with van der Waals surface area (Å²) in [6.07, 6.45) is 10.8. The molecule has 14 aromatic carbocycles. The quantitative estimate of drug-likeness (QED) is 0.135. The molecular weight excluding hydrogens is 2380 g/mol. The van der Waals surface area contributed by atoms with Gasteiger partial charge in [-0.05, 0) is 132 Å². The molecule has 20 aromatic rings. The molecule has 10 heterocycles. The zero-order valence-corrected chi connectivity index (χ0v) is 81.3. The molecule has 0 unspecified atom stereocenters. The van der Waals surface area contributed by atoms with Crippen LogP contribution in [0.3, 0.4) is 0 Å². The summed E-state index contributed by atoms with van der Waals surface area (Å²) in [5.41, 5.74) is 16.6. The molecule has 18 heteroatoms. The van der Waals surface area contributed by atoms with E-state index in [9.17, 15) is 0 Å². The molecule has 0 bridgehead atoms. The number of hydrogen-bond acceptors (Lipinski definition) is 14. The fourth-order valence-electron chi connectivity index (χ4n) is 13.8. The Morgan fingerprint density at radius 1 is 0.189 bits per heavy atom. The van der Waals surface area contributed by atoms with Gasteiger partial charge in [-0.2, -0.15) is 206 Å². The molecule has 4 aliphatic rings. The Kier molecular flexibility index (Phi) is 36.1. The normalized spacial score (nSPS) is 11.1. The van der Waals surface area contributed by atoms with E-state index in [1.807, 2.05) is 376 Å². The summed E-state index contributed by atoms with van der Waals surface area (Å²) < 4.78 is 11.9. The van der Waals surface area contributed by atoms with Crippen LogP contribution in [0.4, 0.5) is 68.8 Å². The second kappa shape index (κ2) is 49.8. The molecule has 0 saturated heterocycles. The molecule has 0 saturated carbocycles. The maximum Gasteiger partial charge on any atom is 3.00 e. The predicted octanol–water partition coefficient (Wildman–Crippen LogP) is 29.5. The largest absolute Gasteiger partial charge is 3.00 e. The topological polar surface area (TPSA) is 109 Å². The van der Waals surface area contributed by atoms with Gasteiger partial charge in [0, 0.05) is 58.5 Å². The monoisotopic (exact) mass is 2460 g/mol.